The minimum absolute atomic E-state index is 0.240. The van der Waals surface area contributed by atoms with E-state index in [0.29, 0.717) is 13.0 Å². The summed E-state index contributed by atoms with van der Waals surface area (Å²) in [6.45, 7) is 0.361. The summed E-state index contributed by atoms with van der Waals surface area (Å²) in [4.78, 5) is 11.8. The summed E-state index contributed by atoms with van der Waals surface area (Å²) in [6.07, 6.45) is 7.57. The highest BCUT2D eigenvalue weighted by Gasteiger charge is 2.30. The summed E-state index contributed by atoms with van der Waals surface area (Å²) in [5.41, 5.74) is 1.28. The molecule has 2 aliphatic carbocycles. The lowest BCUT2D eigenvalue weighted by Gasteiger charge is -2.31. The summed E-state index contributed by atoms with van der Waals surface area (Å²) < 4.78 is 5.79. The number of benzene rings is 1. The third-order valence-corrected chi connectivity index (χ3v) is 4.52. The number of hydrogen-bond acceptors (Lipinski definition) is 3. The van der Waals surface area contributed by atoms with Gasteiger partial charge in [-0.2, -0.15) is 0 Å². The number of fused-ring (bicyclic) bond motifs is 1. The summed E-state index contributed by atoms with van der Waals surface area (Å²) >= 11 is 0. The van der Waals surface area contributed by atoms with E-state index in [1.54, 1.807) is 0 Å². The quantitative estimate of drug-likeness (QED) is 0.920. The fourth-order valence-corrected chi connectivity index (χ4v) is 3.28. The van der Waals surface area contributed by atoms with Crippen molar-refractivity contribution in [2.45, 2.75) is 57.0 Å². The number of Topliss-reactive ketones (excluding diaryl/α,β-unsaturated/α-hetero) is 1. The van der Waals surface area contributed by atoms with Crippen molar-refractivity contribution in [2.75, 3.05) is 6.61 Å². The number of carbonyl (C=O) groups is 1. The van der Waals surface area contributed by atoms with Gasteiger partial charge < -0.3 is 9.84 Å². The maximum Gasteiger partial charge on any atom is 0.163 e. The standard InChI is InChI=1S/C17H22O3/c18-16-6-4-5-13-11-14(7-8-15(13)16)20-12-17(19)9-2-1-3-10-17/h7-8,11,19H,1-6,9-10,12H2. The van der Waals surface area contributed by atoms with Gasteiger partial charge in [-0.15, -0.1) is 0 Å². The van der Waals surface area contributed by atoms with Gasteiger partial charge in [0.15, 0.2) is 5.78 Å². The molecule has 0 radical (unpaired) electrons. The Kier molecular flexibility index (Phi) is 3.79. The van der Waals surface area contributed by atoms with Crippen LogP contribution in [0.15, 0.2) is 18.2 Å². The number of aliphatic hydroxyl groups is 1. The first kappa shape index (κ1) is 13.6. The number of ketones is 1. The van der Waals surface area contributed by atoms with Crippen molar-refractivity contribution in [3.8, 4) is 5.75 Å². The summed E-state index contributed by atoms with van der Waals surface area (Å²) in [7, 11) is 0. The molecule has 108 valence electrons. The second-order valence-corrected chi connectivity index (χ2v) is 6.17. The molecule has 0 atom stereocenters. The normalized spacial score (nSPS) is 21.4. The van der Waals surface area contributed by atoms with Crippen LogP contribution in [0.25, 0.3) is 0 Å². The van der Waals surface area contributed by atoms with Gasteiger partial charge in [0, 0.05) is 12.0 Å². The van der Waals surface area contributed by atoms with E-state index in [1.165, 1.54) is 6.42 Å². The van der Waals surface area contributed by atoms with Crippen LogP contribution in [0.4, 0.5) is 0 Å². The average molecular weight is 274 g/mol. The van der Waals surface area contributed by atoms with Crippen molar-refractivity contribution < 1.29 is 14.6 Å². The predicted molar refractivity (Wildman–Crippen MR) is 77.2 cm³/mol. The number of ether oxygens (including phenoxy) is 1. The van der Waals surface area contributed by atoms with Crippen molar-refractivity contribution in [3.05, 3.63) is 29.3 Å². The molecule has 1 aromatic carbocycles. The van der Waals surface area contributed by atoms with Gasteiger partial charge in [-0.05, 0) is 49.4 Å². The van der Waals surface area contributed by atoms with E-state index in [9.17, 15) is 9.90 Å². The van der Waals surface area contributed by atoms with Crippen LogP contribution in [0.2, 0.25) is 0 Å². The van der Waals surface area contributed by atoms with Gasteiger partial charge in [-0.1, -0.05) is 19.3 Å². The van der Waals surface area contributed by atoms with Crippen LogP contribution in [0.5, 0.6) is 5.75 Å². The van der Waals surface area contributed by atoms with Gasteiger partial charge in [0.25, 0.3) is 0 Å². The molecule has 0 heterocycles. The molecule has 1 N–H and O–H groups in total. The second-order valence-electron chi connectivity index (χ2n) is 6.17. The van der Waals surface area contributed by atoms with Crippen molar-refractivity contribution >= 4 is 5.78 Å². The second kappa shape index (κ2) is 5.57. The topological polar surface area (TPSA) is 46.5 Å². The Labute approximate surface area is 120 Å². The molecule has 0 saturated heterocycles. The van der Waals surface area contributed by atoms with E-state index in [1.807, 2.05) is 18.2 Å². The summed E-state index contributed by atoms with van der Waals surface area (Å²) in [6, 6.07) is 5.70. The van der Waals surface area contributed by atoms with Gasteiger partial charge in [0.1, 0.15) is 12.4 Å². The lowest BCUT2D eigenvalue weighted by Crippen LogP contribution is -2.37. The number of aryl methyl sites for hydroxylation is 1. The number of rotatable bonds is 3. The van der Waals surface area contributed by atoms with Crippen LogP contribution in [-0.2, 0) is 6.42 Å². The molecule has 0 amide bonds. The van der Waals surface area contributed by atoms with E-state index in [-0.39, 0.29) is 5.78 Å². The van der Waals surface area contributed by atoms with E-state index in [4.69, 9.17) is 4.74 Å². The zero-order valence-corrected chi connectivity index (χ0v) is 11.9. The molecule has 3 rings (SSSR count). The molecule has 0 bridgehead atoms. The summed E-state index contributed by atoms with van der Waals surface area (Å²) in [5, 5.41) is 10.4. The van der Waals surface area contributed by atoms with Gasteiger partial charge in [-0.3, -0.25) is 4.79 Å². The SMILES string of the molecule is O=C1CCCc2cc(OCC3(O)CCCCC3)ccc21. The van der Waals surface area contributed by atoms with Crippen LogP contribution >= 0.6 is 0 Å². The van der Waals surface area contributed by atoms with E-state index >= 15 is 0 Å². The van der Waals surface area contributed by atoms with Crippen LogP contribution in [0.3, 0.4) is 0 Å². The highest BCUT2D eigenvalue weighted by Crippen LogP contribution is 2.30. The van der Waals surface area contributed by atoms with E-state index in [2.05, 4.69) is 0 Å². The first-order valence-electron chi connectivity index (χ1n) is 7.68. The summed E-state index contributed by atoms with van der Waals surface area (Å²) in [5.74, 6) is 1.01. The first-order chi connectivity index (χ1) is 9.66. The van der Waals surface area contributed by atoms with Crippen molar-refractivity contribution in [1.29, 1.82) is 0 Å². The molecular formula is C17H22O3. The zero-order valence-electron chi connectivity index (χ0n) is 11.9. The molecule has 3 nitrogen and oxygen atoms in total. The van der Waals surface area contributed by atoms with Crippen LogP contribution in [0.1, 0.15) is 60.9 Å². The number of carbonyl (C=O) groups excluding carboxylic acids is 1. The van der Waals surface area contributed by atoms with Gasteiger partial charge in [0.05, 0.1) is 5.60 Å². The monoisotopic (exact) mass is 274 g/mol. The van der Waals surface area contributed by atoms with Crippen LogP contribution in [0, 0.1) is 0 Å². The minimum atomic E-state index is -0.663. The molecule has 0 aromatic heterocycles. The van der Waals surface area contributed by atoms with Gasteiger partial charge >= 0.3 is 0 Å². The molecule has 20 heavy (non-hydrogen) atoms. The Morgan fingerprint density at radius 2 is 1.90 bits per heavy atom. The third-order valence-electron chi connectivity index (χ3n) is 4.52. The van der Waals surface area contributed by atoms with E-state index < -0.39 is 5.60 Å². The molecule has 0 aliphatic heterocycles. The lowest BCUT2D eigenvalue weighted by molar-refractivity contribution is -0.0339. The molecule has 2 aliphatic rings. The maximum atomic E-state index is 11.8. The highest BCUT2D eigenvalue weighted by atomic mass is 16.5. The van der Waals surface area contributed by atoms with Crippen molar-refractivity contribution in [1.82, 2.24) is 0 Å². The molecule has 0 spiro atoms. The molecule has 1 aromatic rings. The fourth-order valence-electron chi connectivity index (χ4n) is 3.28. The Bertz CT molecular complexity index is 501. The lowest BCUT2D eigenvalue weighted by atomic mass is 9.85. The smallest absolute Gasteiger partial charge is 0.163 e. The Morgan fingerprint density at radius 3 is 2.70 bits per heavy atom. The predicted octanol–water partition coefficient (Wildman–Crippen LogP) is 3.28. The molecule has 3 heteroatoms. The van der Waals surface area contributed by atoms with Gasteiger partial charge in [0.2, 0.25) is 0 Å². The molecule has 1 fully saturated rings. The Morgan fingerprint density at radius 1 is 1.10 bits per heavy atom. The molecular weight excluding hydrogens is 252 g/mol. The molecule has 1 saturated carbocycles. The zero-order chi connectivity index (χ0) is 14.0. The average Bonchev–Trinajstić information content (AvgIpc) is 2.46. The number of hydrogen-bond donors (Lipinski definition) is 1. The van der Waals surface area contributed by atoms with Crippen molar-refractivity contribution in [2.24, 2.45) is 0 Å². The Hall–Kier alpha value is -1.35. The first-order valence-corrected chi connectivity index (χ1v) is 7.68. The Balaban J connectivity index is 1.67. The largest absolute Gasteiger partial charge is 0.491 e. The van der Waals surface area contributed by atoms with Crippen LogP contribution in [-0.4, -0.2) is 23.1 Å². The minimum Gasteiger partial charge on any atom is -0.491 e. The maximum absolute atomic E-state index is 11.8. The van der Waals surface area contributed by atoms with E-state index in [0.717, 1.165) is 55.4 Å². The van der Waals surface area contributed by atoms with Gasteiger partial charge in [-0.25, -0.2) is 0 Å². The van der Waals surface area contributed by atoms with Crippen LogP contribution < -0.4 is 4.74 Å². The fraction of sp³-hybridized carbons (Fsp3) is 0.588. The highest BCUT2D eigenvalue weighted by molar-refractivity contribution is 5.98. The third kappa shape index (κ3) is 2.88. The van der Waals surface area contributed by atoms with Crippen molar-refractivity contribution in [3.63, 3.8) is 0 Å². The molecule has 0 unspecified atom stereocenters.